The van der Waals surface area contributed by atoms with E-state index in [0.717, 1.165) is 26.0 Å². The molecule has 0 fully saturated rings. The van der Waals surface area contributed by atoms with Crippen LogP contribution in [0.3, 0.4) is 0 Å². The van der Waals surface area contributed by atoms with Crippen molar-refractivity contribution in [2.75, 3.05) is 19.7 Å². The molecule has 0 atom stereocenters. The summed E-state index contributed by atoms with van der Waals surface area (Å²) in [5.74, 6) is 0.688. The Labute approximate surface area is 142 Å². The molecule has 5 heteroatoms. The predicted molar refractivity (Wildman–Crippen MR) is 96.4 cm³/mol. The van der Waals surface area contributed by atoms with Gasteiger partial charge in [-0.15, -0.1) is 0 Å². The van der Waals surface area contributed by atoms with Gasteiger partial charge in [0.1, 0.15) is 0 Å². The fourth-order valence-corrected chi connectivity index (χ4v) is 1.72. The van der Waals surface area contributed by atoms with E-state index in [9.17, 15) is 9.59 Å². The molecule has 0 unspecified atom stereocenters. The normalized spacial score (nSPS) is 10.8. The van der Waals surface area contributed by atoms with E-state index in [0.29, 0.717) is 25.3 Å². The first-order valence-corrected chi connectivity index (χ1v) is 8.85. The summed E-state index contributed by atoms with van der Waals surface area (Å²) in [6.07, 6.45) is 3.09. The van der Waals surface area contributed by atoms with E-state index in [2.05, 4.69) is 31.4 Å². The second-order valence-electron chi connectivity index (χ2n) is 6.61. The second-order valence-corrected chi connectivity index (χ2v) is 6.61. The monoisotopic (exact) mass is 330 g/mol. The summed E-state index contributed by atoms with van der Waals surface area (Å²) in [7, 11) is 0. The molecule has 0 aliphatic heterocycles. The van der Waals surface area contributed by atoms with Gasteiger partial charge in [-0.05, 0) is 39.5 Å². The minimum Gasteiger partial charge on any atom is -0.376 e. The van der Waals surface area contributed by atoms with Crippen LogP contribution in [0, 0.1) is 5.92 Å². The molecular formula is C18H38N2O3. The van der Waals surface area contributed by atoms with Crippen molar-refractivity contribution in [3.8, 4) is 0 Å². The molecule has 23 heavy (non-hydrogen) atoms. The van der Waals surface area contributed by atoms with Gasteiger partial charge in [0.2, 0.25) is 11.8 Å². The molecule has 0 spiro atoms. The smallest absolute Gasteiger partial charge is 0.220 e. The highest BCUT2D eigenvalue weighted by Gasteiger charge is 2.17. The van der Waals surface area contributed by atoms with Gasteiger partial charge in [0.25, 0.3) is 0 Å². The SMILES string of the molecule is CCCOC(C)(C)CCNC(=O)CC(C)C.CCNC(=O)CC. The van der Waals surface area contributed by atoms with Crippen molar-refractivity contribution >= 4 is 11.8 Å². The molecular weight excluding hydrogens is 292 g/mol. The van der Waals surface area contributed by atoms with Gasteiger partial charge in [0.15, 0.2) is 0 Å². The van der Waals surface area contributed by atoms with E-state index in [1.54, 1.807) is 0 Å². The Bertz CT molecular complexity index is 315. The van der Waals surface area contributed by atoms with E-state index >= 15 is 0 Å². The van der Waals surface area contributed by atoms with Crippen LogP contribution in [0.15, 0.2) is 0 Å². The van der Waals surface area contributed by atoms with Gasteiger partial charge in [0, 0.05) is 32.5 Å². The minimum atomic E-state index is -0.138. The van der Waals surface area contributed by atoms with Gasteiger partial charge < -0.3 is 15.4 Å². The molecule has 0 rings (SSSR count). The van der Waals surface area contributed by atoms with Crippen LogP contribution in [0.25, 0.3) is 0 Å². The van der Waals surface area contributed by atoms with Crippen molar-refractivity contribution in [2.24, 2.45) is 5.92 Å². The number of carbonyl (C=O) groups excluding carboxylic acids is 2. The third-order valence-electron chi connectivity index (χ3n) is 3.03. The summed E-state index contributed by atoms with van der Waals surface area (Å²) in [6.45, 7) is 16.3. The molecule has 0 aliphatic rings. The first-order chi connectivity index (χ1) is 10.7. The first kappa shape index (κ1) is 24.2. The van der Waals surface area contributed by atoms with E-state index in [4.69, 9.17) is 4.74 Å². The quantitative estimate of drug-likeness (QED) is 0.646. The van der Waals surface area contributed by atoms with Crippen LogP contribution in [-0.4, -0.2) is 37.1 Å². The molecule has 0 aromatic heterocycles. The zero-order chi connectivity index (χ0) is 18.3. The van der Waals surface area contributed by atoms with Gasteiger partial charge in [0.05, 0.1) is 5.60 Å². The third kappa shape index (κ3) is 18.9. The van der Waals surface area contributed by atoms with E-state index in [1.807, 2.05) is 27.7 Å². The number of amides is 2. The fraction of sp³-hybridized carbons (Fsp3) is 0.889. The topological polar surface area (TPSA) is 67.4 Å². The summed E-state index contributed by atoms with van der Waals surface area (Å²) in [5, 5.41) is 5.58. The largest absolute Gasteiger partial charge is 0.376 e. The molecule has 0 radical (unpaired) electrons. The van der Waals surface area contributed by atoms with E-state index in [1.165, 1.54) is 0 Å². The van der Waals surface area contributed by atoms with Crippen LogP contribution >= 0.6 is 0 Å². The molecule has 0 aromatic rings. The summed E-state index contributed by atoms with van der Waals surface area (Å²) >= 11 is 0. The van der Waals surface area contributed by atoms with Gasteiger partial charge >= 0.3 is 0 Å². The highest BCUT2D eigenvalue weighted by atomic mass is 16.5. The lowest BCUT2D eigenvalue weighted by atomic mass is 10.0. The summed E-state index contributed by atoms with van der Waals surface area (Å²) in [5.41, 5.74) is -0.138. The molecule has 0 aliphatic carbocycles. The maximum atomic E-state index is 11.4. The average Bonchev–Trinajstić information content (AvgIpc) is 2.45. The summed E-state index contributed by atoms with van der Waals surface area (Å²) in [4.78, 5) is 21.7. The summed E-state index contributed by atoms with van der Waals surface area (Å²) in [6, 6.07) is 0. The second kappa shape index (κ2) is 14.5. The zero-order valence-corrected chi connectivity index (χ0v) is 16.3. The van der Waals surface area contributed by atoms with Gasteiger partial charge in [-0.3, -0.25) is 9.59 Å². The predicted octanol–water partition coefficient (Wildman–Crippen LogP) is 3.28. The highest BCUT2D eigenvalue weighted by molar-refractivity contribution is 5.76. The lowest BCUT2D eigenvalue weighted by Gasteiger charge is -2.25. The van der Waals surface area contributed by atoms with Crippen molar-refractivity contribution in [1.82, 2.24) is 10.6 Å². The Kier molecular flexibility index (Phi) is 15.2. The average molecular weight is 331 g/mol. The number of hydrogen-bond donors (Lipinski definition) is 2. The Hall–Kier alpha value is -1.10. The van der Waals surface area contributed by atoms with Crippen LogP contribution in [0.5, 0.6) is 0 Å². The molecule has 2 N–H and O–H groups in total. The standard InChI is InChI=1S/C13H27NO2.C5H11NO/c1-6-9-16-13(4,5)7-8-14-12(15)10-11(2)3;1-3-5(7)6-4-2/h11H,6-10H2,1-5H3,(H,14,15);3-4H2,1-2H3,(H,6,7). The Morgan fingerprint density at radius 3 is 2.04 bits per heavy atom. The lowest BCUT2D eigenvalue weighted by molar-refractivity contribution is -0.122. The Balaban J connectivity index is 0. The van der Waals surface area contributed by atoms with Crippen molar-refractivity contribution in [3.05, 3.63) is 0 Å². The van der Waals surface area contributed by atoms with Crippen LogP contribution in [0.2, 0.25) is 0 Å². The molecule has 5 nitrogen and oxygen atoms in total. The van der Waals surface area contributed by atoms with Crippen molar-refractivity contribution < 1.29 is 14.3 Å². The van der Waals surface area contributed by atoms with Crippen LogP contribution < -0.4 is 10.6 Å². The van der Waals surface area contributed by atoms with E-state index < -0.39 is 0 Å². The number of hydrogen-bond acceptors (Lipinski definition) is 3. The molecule has 138 valence electrons. The number of carbonyl (C=O) groups is 2. The molecule has 0 bridgehead atoms. The van der Waals surface area contributed by atoms with Gasteiger partial charge in [-0.1, -0.05) is 27.7 Å². The minimum absolute atomic E-state index is 0.127. The molecule has 0 saturated heterocycles. The van der Waals surface area contributed by atoms with Crippen LogP contribution in [-0.2, 0) is 14.3 Å². The third-order valence-corrected chi connectivity index (χ3v) is 3.03. The first-order valence-electron chi connectivity index (χ1n) is 8.85. The number of ether oxygens (including phenoxy) is 1. The van der Waals surface area contributed by atoms with Gasteiger partial charge in [-0.2, -0.15) is 0 Å². The van der Waals surface area contributed by atoms with Crippen molar-refractivity contribution in [2.45, 2.75) is 79.8 Å². The molecule has 0 saturated carbocycles. The Morgan fingerprint density at radius 1 is 1.04 bits per heavy atom. The maximum absolute atomic E-state index is 11.4. The van der Waals surface area contributed by atoms with Crippen molar-refractivity contribution in [3.63, 3.8) is 0 Å². The molecule has 0 heterocycles. The lowest BCUT2D eigenvalue weighted by Crippen LogP contribution is -2.33. The number of rotatable bonds is 10. The van der Waals surface area contributed by atoms with Crippen molar-refractivity contribution in [1.29, 1.82) is 0 Å². The molecule has 2 amide bonds. The molecule has 0 aromatic carbocycles. The van der Waals surface area contributed by atoms with E-state index in [-0.39, 0.29) is 17.4 Å². The van der Waals surface area contributed by atoms with Gasteiger partial charge in [-0.25, -0.2) is 0 Å². The maximum Gasteiger partial charge on any atom is 0.220 e. The highest BCUT2D eigenvalue weighted by Crippen LogP contribution is 2.13. The van der Waals surface area contributed by atoms with Crippen LogP contribution in [0.1, 0.15) is 74.1 Å². The Morgan fingerprint density at radius 2 is 1.65 bits per heavy atom. The summed E-state index contributed by atoms with van der Waals surface area (Å²) < 4.78 is 5.69. The fourth-order valence-electron chi connectivity index (χ4n) is 1.72. The zero-order valence-electron chi connectivity index (χ0n) is 16.3. The number of nitrogens with one attached hydrogen (secondary N) is 2. The van der Waals surface area contributed by atoms with Crippen LogP contribution in [0.4, 0.5) is 0 Å².